The van der Waals surface area contributed by atoms with Crippen LogP contribution in [0.5, 0.6) is 0 Å². The first-order chi connectivity index (χ1) is 32.4. The summed E-state index contributed by atoms with van der Waals surface area (Å²) in [6.07, 6.45) is 27.9. The van der Waals surface area contributed by atoms with Gasteiger partial charge in [0, 0.05) is 19.0 Å². The van der Waals surface area contributed by atoms with Crippen LogP contribution in [0.1, 0.15) is 130 Å². The summed E-state index contributed by atoms with van der Waals surface area (Å²) in [7, 11) is -11.0. The molecule has 1 aliphatic heterocycles. The van der Waals surface area contributed by atoms with Crippen LogP contribution in [0.15, 0.2) is 90.0 Å². The van der Waals surface area contributed by atoms with Crippen LogP contribution in [0, 0.1) is 5.92 Å². The number of phosphoric ester groups is 2. The molecule has 2 heterocycles. The van der Waals surface area contributed by atoms with Gasteiger partial charge in [0.25, 0.3) is 0 Å². The smallest absolute Gasteiger partial charge is 0.462 e. The highest BCUT2D eigenvalue weighted by molar-refractivity contribution is 7.61. The fourth-order valence-corrected chi connectivity index (χ4v) is 8.54. The average molecular weight is 1000 g/mol. The van der Waals surface area contributed by atoms with Gasteiger partial charge in [-0.25, -0.2) is 13.9 Å². The van der Waals surface area contributed by atoms with Gasteiger partial charge in [0.2, 0.25) is 0 Å². The molecule has 1 saturated heterocycles. The molecule has 0 spiro atoms. The Bertz CT molecular complexity index is 1950. The first kappa shape index (κ1) is 60.3. The standard InChI is InChI=1S/C47H75N3O16P2/c1-4-5-6-7-8-9-10-11-12-13-14-15-16-19-22-25-28-38(51)30-31-43(53)64-39(34-61-42(52)29-26-23-20-17-18-21-24-27-37(2)3)35-62-67(57,58)66-68(59,60)63-36-40-44(54)45(55)46(65-40)50-33-32-41(48)49-47(50)56/h5-6,8-9,11-12,14-15,19,22,25,28,32-33,37-40,44-46,51,54-55H,4,7,10,13,16-18,20-21,23-24,26-27,29-31,34-36H2,1-3H3,(H,57,58)(H,59,60)(H2,48,49,56)/b6-5-,9-8-,12-11-,15-14-,22-19-,28-25-/t38?,39-,40-,44-,45-,46-/m1/s1. The monoisotopic (exact) mass is 999 g/mol. The highest BCUT2D eigenvalue weighted by Gasteiger charge is 2.46. The Morgan fingerprint density at radius 2 is 1.38 bits per heavy atom. The van der Waals surface area contributed by atoms with Crippen LogP contribution in [0.25, 0.3) is 0 Å². The van der Waals surface area contributed by atoms with E-state index in [0.717, 1.165) is 68.6 Å². The fraction of sp³-hybridized carbons (Fsp3) is 0.617. The van der Waals surface area contributed by atoms with Crippen molar-refractivity contribution in [3.63, 3.8) is 0 Å². The number of aliphatic hydroxyl groups excluding tert-OH is 3. The molecule has 68 heavy (non-hydrogen) atoms. The topological polar surface area (TPSA) is 286 Å². The van der Waals surface area contributed by atoms with Gasteiger partial charge in [0.15, 0.2) is 12.3 Å². The lowest BCUT2D eigenvalue weighted by atomic mass is 10.0. The van der Waals surface area contributed by atoms with E-state index in [1.54, 1.807) is 12.2 Å². The van der Waals surface area contributed by atoms with E-state index in [1.165, 1.54) is 25.0 Å². The third-order valence-electron chi connectivity index (χ3n) is 10.1. The number of unbranched alkanes of at least 4 members (excludes halogenated alkanes) is 6. The van der Waals surface area contributed by atoms with E-state index in [-0.39, 0.29) is 25.1 Å². The Balaban J connectivity index is 1.89. The zero-order valence-corrected chi connectivity index (χ0v) is 41.4. The highest BCUT2D eigenvalue weighted by Crippen LogP contribution is 2.60. The Kier molecular flexibility index (Phi) is 30.5. The molecule has 1 aromatic rings. The number of nitrogens with zero attached hydrogens (tertiary/aromatic N) is 2. The van der Waals surface area contributed by atoms with Crippen molar-refractivity contribution in [2.45, 2.75) is 160 Å². The van der Waals surface area contributed by atoms with Crippen LogP contribution in [-0.2, 0) is 46.3 Å². The molecule has 7 N–H and O–H groups in total. The number of rotatable bonds is 36. The molecule has 21 heteroatoms. The van der Waals surface area contributed by atoms with Gasteiger partial charge in [0.05, 0.1) is 19.3 Å². The summed E-state index contributed by atoms with van der Waals surface area (Å²) in [5.74, 6) is -0.922. The van der Waals surface area contributed by atoms with Crippen molar-refractivity contribution in [1.82, 2.24) is 9.55 Å². The SMILES string of the molecule is CC/C=C\C/C=C\C/C=C\C/C=C\C/C=C\C=C/C(O)CCC(=O)O[C@H](COC(=O)CCCCCCCCCC(C)C)COP(=O)(O)OP(=O)(O)OC[C@H]1O[C@@H](n2ccc(N)nc2=O)[C@H](O)[C@@H]1O. The summed E-state index contributed by atoms with van der Waals surface area (Å²) in [5, 5.41) is 31.3. The van der Waals surface area contributed by atoms with Gasteiger partial charge >= 0.3 is 33.3 Å². The van der Waals surface area contributed by atoms with E-state index in [2.05, 4.69) is 72.6 Å². The van der Waals surface area contributed by atoms with E-state index in [0.29, 0.717) is 18.8 Å². The lowest BCUT2D eigenvalue weighted by Crippen LogP contribution is -2.36. The first-order valence-corrected chi connectivity index (χ1v) is 26.4. The maximum atomic E-state index is 12.8. The molecule has 384 valence electrons. The van der Waals surface area contributed by atoms with E-state index in [4.69, 9.17) is 29.0 Å². The van der Waals surface area contributed by atoms with Gasteiger partial charge in [-0.2, -0.15) is 9.29 Å². The molecule has 0 amide bonds. The maximum Gasteiger partial charge on any atom is 0.481 e. The zero-order valence-electron chi connectivity index (χ0n) is 39.7. The average Bonchev–Trinajstić information content (AvgIpc) is 3.56. The minimum atomic E-state index is -5.48. The lowest BCUT2D eigenvalue weighted by molar-refractivity contribution is -0.161. The molecule has 1 fully saturated rings. The number of phosphoric acid groups is 2. The van der Waals surface area contributed by atoms with Gasteiger partial charge < -0.3 is 45.1 Å². The predicted molar refractivity (Wildman–Crippen MR) is 258 cm³/mol. The largest absolute Gasteiger partial charge is 0.481 e. The second-order valence-electron chi connectivity index (χ2n) is 16.6. The normalized spacial score (nSPS) is 20.7. The number of hydrogen-bond acceptors (Lipinski definition) is 16. The van der Waals surface area contributed by atoms with Crippen molar-refractivity contribution in [1.29, 1.82) is 0 Å². The van der Waals surface area contributed by atoms with Crippen molar-refractivity contribution < 1.29 is 71.4 Å². The lowest BCUT2D eigenvalue weighted by Gasteiger charge is -2.21. The van der Waals surface area contributed by atoms with Crippen molar-refractivity contribution in [2.75, 3.05) is 25.6 Å². The summed E-state index contributed by atoms with van der Waals surface area (Å²) < 4.78 is 56.3. The summed E-state index contributed by atoms with van der Waals surface area (Å²) in [5.41, 5.74) is 4.56. The van der Waals surface area contributed by atoms with E-state index in [9.17, 15) is 48.6 Å². The van der Waals surface area contributed by atoms with Crippen LogP contribution in [0.2, 0.25) is 0 Å². The molecule has 19 nitrogen and oxygen atoms in total. The van der Waals surface area contributed by atoms with Crippen LogP contribution in [-0.4, -0.2) is 96.9 Å². The van der Waals surface area contributed by atoms with Gasteiger partial charge in [-0.05, 0) is 56.9 Å². The fourth-order valence-electron chi connectivity index (χ4n) is 6.43. The molecule has 0 radical (unpaired) electrons. The number of allylic oxidation sites excluding steroid dienone is 11. The maximum absolute atomic E-state index is 12.8. The third-order valence-corrected chi connectivity index (χ3v) is 12.7. The second kappa shape index (κ2) is 34.5. The third kappa shape index (κ3) is 28.0. The number of nitrogens with two attached hydrogens (primary N) is 1. The highest BCUT2D eigenvalue weighted by atomic mass is 31.3. The molecule has 0 saturated carbocycles. The van der Waals surface area contributed by atoms with Crippen molar-refractivity contribution in [2.24, 2.45) is 5.92 Å². The summed E-state index contributed by atoms with van der Waals surface area (Å²) in [4.78, 5) is 61.7. The summed E-state index contributed by atoms with van der Waals surface area (Å²) in [6.45, 7) is 3.98. The molecule has 3 unspecified atom stereocenters. The molecule has 2 rings (SSSR count). The summed E-state index contributed by atoms with van der Waals surface area (Å²) >= 11 is 0. The molecule has 1 aliphatic rings. The number of carbonyl (C=O) groups is 2. The number of hydrogen-bond donors (Lipinski definition) is 6. The minimum absolute atomic E-state index is 0.0530. The van der Waals surface area contributed by atoms with Crippen LogP contribution in [0.4, 0.5) is 5.82 Å². The Labute approximate surface area is 400 Å². The molecule has 8 atom stereocenters. The number of aliphatic hydroxyl groups is 3. The number of anilines is 1. The van der Waals surface area contributed by atoms with E-state index in [1.807, 2.05) is 12.2 Å². The van der Waals surface area contributed by atoms with Crippen molar-refractivity contribution in [3.8, 4) is 0 Å². The zero-order chi connectivity index (χ0) is 50.2. The van der Waals surface area contributed by atoms with E-state index >= 15 is 0 Å². The Morgan fingerprint density at radius 1 is 0.794 bits per heavy atom. The first-order valence-electron chi connectivity index (χ1n) is 23.4. The predicted octanol–water partition coefficient (Wildman–Crippen LogP) is 7.77. The quantitative estimate of drug-likeness (QED) is 0.0123. The number of esters is 2. The van der Waals surface area contributed by atoms with Gasteiger partial charge in [-0.15, -0.1) is 0 Å². The number of aromatic nitrogens is 2. The molecule has 0 aromatic carbocycles. The molecular formula is C47H75N3O16P2. The van der Waals surface area contributed by atoms with Crippen molar-refractivity contribution in [3.05, 3.63) is 95.7 Å². The molecule has 0 bridgehead atoms. The second-order valence-corrected chi connectivity index (χ2v) is 19.6. The van der Waals surface area contributed by atoms with Gasteiger partial charge in [-0.1, -0.05) is 139 Å². The Hall–Kier alpha value is -3.84. The van der Waals surface area contributed by atoms with Gasteiger partial charge in [0.1, 0.15) is 30.7 Å². The van der Waals surface area contributed by atoms with Crippen molar-refractivity contribution >= 4 is 33.4 Å². The number of carbonyl (C=O) groups excluding carboxylic acids is 2. The molecular weight excluding hydrogens is 924 g/mol. The van der Waals surface area contributed by atoms with E-state index < -0.39 is 89.8 Å². The number of ether oxygens (including phenoxy) is 3. The summed E-state index contributed by atoms with van der Waals surface area (Å²) in [6, 6.07) is 1.23. The minimum Gasteiger partial charge on any atom is -0.462 e. The Morgan fingerprint density at radius 3 is 2.00 bits per heavy atom. The molecule has 1 aromatic heterocycles. The number of nitrogen functional groups attached to an aromatic ring is 1. The molecule has 0 aliphatic carbocycles. The van der Waals surface area contributed by atoms with Crippen LogP contribution in [0.3, 0.4) is 0 Å². The van der Waals surface area contributed by atoms with Crippen LogP contribution >= 0.6 is 15.6 Å². The van der Waals surface area contributed by atoms with Gasteiger partial charge in [-0.3, -0.25) is 23.2 Å². The van der Waals surface area contributed by atoms with Crippen LogP contribution < -0.4 is 11.4 Å².